The second kappa shape index (κ2) is 16.7. The van der Waals surface area contributed by atoms with E-state index in [1.54, 1.807) is 14.2 Å². The van der Waals surface area contributed by atoms with E-state index in [1.165, 1.54) is 0 Å². The number of hydrogen-bond acceptors (Lipinski definition) is 4. The summed E-state index contributed by atoms with van der Waals surface area (Å²) >= 11 is 0. The van der Waals surface area contributed by atoms with Crippen LogP contribution in [0.1, 0.15) is 44.5 Å². The van der Waals surface area contributed by atoms with Gasteiger partial charge in [0, 0.05) is 22.3 Å². The van der Waals surface area contributed by atoms with Crippen LogP contribution in [0.25, 0.3) is 32.7 Å². The Kier molecular flexibility index (Phi) is 10.2. The van der Waals surface area contributed by atoms with Crippen molar-refractivity contribution >= 4 is 44.3 Å². The molecule has 0 aliphatic heterocycles. The molecule has 0 bridgehead atoms. The normalized spacial score (nSPS) is 12.3. The molecule has 0 N–H and O–H groups in total. The van der Waals surface area contributed by atoms with Crippen molar-refractivity contribution in [2.45, 2.75) is 5.41 Å². The second-order valence-corrected chi connectivity index (χ2v) is 16.5. The lowest BCUT2D eigenvalue weighted by Gasteiger charge is -2.34. The van der Waals surface area contributed by atoms with Gasteiger partial charge in [-0.05, 0) is 116 Å². The standard InChI is InChI=1S/C61H44N2O2/c1-64-53-31-25-45-35-49(27-23-47(45)37-53)61(50-28-24-48-38-54(65-2)32-26-46(48)36-50)57-39-51(62-59(41-15-7-3-8-16-41)42-17-9-4-10-18-42)29-33-55(57)56-34-30-52(40-58(56)61)63-60(43-19-11-5-12-20-43)44-21-13-6-14-22-44/h3-40H,1-2H3. The van der Waals surface area contributed by atoms with Gasteiger partial charge in [0.05, 0.1) is 42.4 Å². The summed E-state index contributed by atoms with van der Waals surface area (Å²) in [6.07, 6.45) is 0. The monoisotopic (exact) mass is 836 g/mol. The molecule has 0 fully saturated rings. The molecule has 0 heterocycles. The fourth-order valence-corrected chi connectivity index (χ4v) is 9.63. The minimum Gasteiger partial charge on any atom is -0.497 e. The summed E-state index contributed by atoms with van der Waals surface area (Å²) in [7, 11) is 3.43. The highest BCUT2D eigenvalue weighted by molar-refractivity contribution is 6.15. The summed E-state index contributed by atoms with van der Waals surface area (Å²) in [6, 6.07) is 81.7. The van der Waals surface area contributed by atoms with E-state index in [-0.39, 0.29) is 0 Å². The Morgan fingerprint density at radius 2 is 0.677 bits per heavy atom. The van der Waals surface area contributed by atoms with Gasteiger partial charge in [-0.1, -0.05) is 170 Å². The molecule has 0 spiro atoms. The van der Waals surface area contributed by atoms with Crippen LogP contribution in [0.4, 0.5) is 11.4 Å². The van der Waals surface area contributed by atoms with E-state index >= 15 is 0 Å². The predicted octanol–water partition coefficient (Wildman–Crippen LogP) is 14.7. The number of aliphatic imine (C=N–C) groups is 2. The summed E-state index contributed by atoms with van der Waals surface area (Å²) < 4.78 is 11.4. The van der Waals surface area contributed by atoms with Crippen molar-refractivity contribution in [3.63, 3.8) is 0 Å². The Labute approximate surface area is 379 Å². The molecule has 11 rings (SSSR count). The molecule has 310 valence electrons. The van der Waals surface area contributed by atoms with Gasteiger partial charge >= 0.3 is 0 Å². The molecular formula is C61H44N2O2. The van der Waals surface area contributed by atoms with Gasteiger partial charge in [0.15, 0.2) is 0 Å². The number of nitrogens with zero attached hydrogens (tertiary/aromatic N) is 2. The smallest absolute Gasteiger partial charge is 0.119 e. The Morgan fingerprint density at radius 3 is 1.03 bits per heavy atom. The average Bonchev–Trinajstić information content (AvgIpc) is 3.67. The average molecular weight is 837 g/mol. The predicted molar refractivity (Wildman–Crippen MR) is 268 cm³/mol. The lowest BCUT2D eigenvalue weighted by atomic mass is 9.67. The first kappa shape index (κ1) is 39.5. The van der Waals surface area contributed by atoms with Crippen molar-refractivity contribution in [2.24, 2.45) is 9.98 Å². The summed E-state index contributed by atoms with van der Waals surface area (Å²) in [6.45, 7) is 0. The number of ether oxygens (including phenoxy) is 2. The highest BCUT2D eigenvalue weighted by Gasteiger charge is 2.47. The van der Waals surface area contributed by atoms with Crippen molar-refractivity contribution in [3.05, 3.63) is 275 Å². The fourth-order valence-electron chi connectivity index (χ4n) is 9.63. The maximum Gasteiger partial charge on any atom is 0.119 e. The highest BCUT2D eigenvalue weighted by Crippen LogP contribution is 2.58. The minimum atomic E-state index is -0.788. The number of benzene rings is 10. The summed E-state index contributed by atoms with van der Waals surface area (Å²) in [5, 5.41) is 4.46. The van der Waals surface area contributed by atoms with Crippen LogP contribution in [0.2, 0.25) is 0 Å². The van der Waals surface area contributed by atoms with Gasteiger partial charge in [0.1, 0.15) is 11.5 Å². The van der Waals surface area contributed by atoms with E-state index in [0.717, 1.165) is 111 Å². The lowest BCUT2D eigenvalue weighted by molar-refractivity contribution is 0.415. The molecule has 0 amide bonds. The molecule has 0 unspecified atom stereocenters. The van der Waals surface area contributed by atoms with Gasteiger partial charge < -0.3 is 9.47 Å². The van der Waals surface area contributed by atoms with Gasteiger partial charge in [-0.2, -0.15) is 0 Å². The van der Waals surface area contributed by atoms with Crippen molar-refractivity contribution in [3.8, 4) is 22.6 Å². The molecule has 10 aromatic rings. The molecule has 1 aliphatic carbocycles. The molecule has 0 saturated carbocycles. The molecule has 4 nitrogen and oxygen atoms in total. The van der Waals surface area contributed by atoms with Crippen LogP contribution in [0.3, 0.4) is 0 Å². The van der Waals surface area contributed by atoms with E-state index in [9.17, 15) is 0 Å². The van der Waals surface area contributed by atoms with E-state index in [2.05, 4.69) is 194 Å². The highest BCUT2D eigenvalue weighted by atomic mass is 16.5. The van der Waals surface area contributed by atoms with Crippen LogP contribution in [0.5, 0.6) is 11.5 Å². The van der Waals surface area contributed by atoms with Crippen LogP contribution in [0, 0.1) is 0 Å². The zero-order chi connectivity index (χ0) is 43.7. The molecule has 65 heavy (non-hydrogen) atoms. The Balaban J connectivity index is 1.22. The number of hydrogen-bond donors (Lipinski definition) is 0. The largest absolute Gasteiger partial charge is 0.497 e. The van der Waals surface area contributed by atoms with E-state index in [1.807, 2.05) is 36.4 Å². The van der Waals surface area contributed by atoms with Crippen LogP contribution < -0.4 is 9.47 Å². The van der Waals surface area contributed by atoms with Gasteiger partial charge in [-0.25, -0.2) is 9.98 Å². The second-order valence-electron chi connectivity index (χ2n) is 16.5. The summed E-state index contributed by atoms with van der Waals surface area (Å²) in [5.41, 5.74) is 13.9. The third kappa shape index (κ3) is 7.16. The third-order valence-electron chi connectivity index (χ3n) is 12.7. The summed E-state index contributed by atoms with van der Waals surface area (Å²) in [4.78, 5) is 11.0. The minimum absolute atomic E-state index is 0.788. The van der Waals surface area contributed by atoms with Crippen LogP contribution in [0.15, 0.2) is 241 Å². The first-order valence-corrected chi connectivity index (χ1v) is 21.9. The van der Waals surface area contributed by atoms with Gasteiger partial charge in [-0.15, -0.1) is 0 Å². The molecule has 0 atom stereocenters. The zero-order valence-electron chi connectivity index (χ0n) is 36.2. The molecule has 1 aliphatic rings. The Bertz CT molecular complexity index is 3120. The van der Waals surface area contributed by atoms with Crippen molar-refractivity contribution < 1.29 is 9.47 Å². The van der Waals surface area contributed by atoms with E-state index < -0.39 is 5.41 Å². The lowest BCUT2D eigenvalue weighted by Crippen LogP contribution is -2.28. The molecule has 0 saturated heterocycles. The van der Waals surface area contributed by atoms with Gasteiger partial charge in [-0.3, -0.25) is 0 Å². The maximum atomic E-state index is 5.68. The SMILES string of the molecule is COc1ccc2cc(C3(c4ccc5cc(OC)ccc5c4)c4cc(N=C(c5ccccc5)c5ccccc5)ccc4-c4ccc(N=C(c5ccccc5)c5ccccc5)cc43)ccc2c1. The number of methoxy groups -OCH3 is 2. The van der Waals surface area contributed by atoms with Crippen molar-refractivity contribution in [1.82, 2.24) is 0 Å². The van der Waals surface area contributed by atoms with E-state index in [0.29, 0.717) is 0 Å². The Morgan fingerprint density at radius 1 is 0.338 bits per heavy atom. The molecule has 0 radical (unpaired) electrons. The van der Waals surface area contributed by atoms with E-state index in [4.69, 9.17) is 19.5 Å². The third-order valence-corrected chi connectivity index (χ3v) is 12.7. The van der Waals surface area contributed by atoms with Crippen LogP contribution in [-0.2, 0) is 5.41 Å². The topological polar surface area (TPSA) is 43.2 Å². The number of fused-ring (bicyclic) bond motifs is 5. The maximum absolute atomic E-state index is 5.68. The van der Waals surface area contributed by atoms with Gasteiger partial charge in [0.25, 0.3) is 0 Å². The molecular weight excluding hydrogens is 793 g/mol. The quantitative estimate of drug-likeness (QED) is 0.129. The zero-order valence-corrected chi connectivity index (χ0v) is 36.2. The molecule has 4 heteroatoms. The Hall–Kier alpha value is -8.34. The van der Waals surface area contributed by atoms with Gasteiger partial charge in [0.2, 0.25) is 0 Å². The fraction of sp³-hybridized carbons (Fsp3) is 0.0492. The summed E-state index contributed by atoms with van der Waals surface area (Å²) in [5.74, 6) is 1.65. The molecule has 0 aromatic heterocycles. The van der Waals surface area contributed by atoms with Crippen molar-refractivity contribution in [1.29, 1.82) is 0 Å². The molecule has 10 aromatic carbocycles. The van der Waals surface area contributed by atoms with Crippen molar-refractivity contribution in [2.75, 3.05) is 14.2 Å². The first-order chi connectivity index (χ1) is 32.1. The van der Waals surface area contributed by atoms with Crippen LogP contribution >= 0.6 is 0 Å². The first-order valence-electron chi connectivity index (χ1n) is 21.9. The number of rotatable bonds is 10. The van der Waals surface area contributed by atoms with Crippen LogP contribution in [-0.4, -0.2) is 25.6 Å².